The number of nitrogens with two attached hydrogens (primary N) is 1. The fraction of sp³-hybridized carbons (Fsp3) is 0.667. The summed E-state index contributed by atoms with van der Waals surface area (Å²) in [5.74, 6) is 0. The second-order valence-corrected chi connectivity index (χ2v) is 5.32. The fourth-order valence-corrected chi connectivity index (χ4v) is 3.23. The molecule has 1 heterocycles. The molecule has 0 radical (unpaired) electrons. The molecule has 1 unspecified atom stereocenters. The van der Waals surface area contributed by atoms with Crippen LogP contribution in [-0.2, 0) is 11.2 Å². The SMILES string of the molecule is CCOC1(C(Cc2cnccc2N)NC)CCCC1. The van der Waals surface area contributed by atoms with E-state index < -0.39 is 0 Å². The predicted molar refractivity (Wildman–Crippen MR) is 78.0 cm³/mol. The first-order chi connectivity index (χ1) is 9.22. The molecule has 106 valence electrons. The van der Waals surface area contributed by atoms with Gasteiger partial charge in [-0.05, 0) is 44.9 Å². The summed E-state index contributed by atoms with van der Waals surface area (Å²) in [5, 5.41) is 3.44. The summed E-state index contributed by atoms with van der Waals surface area (Å²) < 4.78 is 6.13. The Morgan fingerprint density at radius 3 is 2.79 bits per heavy atom. The first kappa shape index (κ1) is 14.3. The number of hydrogen-bond acceptors (Lipinski definition) is 4. The molecule has 0 bridgehead atoms. The van der Waals surface area contributed by atoms with Crippen LogP contribution < -0.4 is 11.1 Å². The highest BCUT2D eigenvalue weighted by molar-refractivity contribution is 5.44. The number of nitrogen functional groups attached to an aromatic ring is 1. The summed E-state index contributed by atoms with van der Waals surface area (Å²) in [4.78, 5) is 4.18. The van der Waals surface area contributed by atoms with Gasteiger partial charge < -0.3 is 15.8 Å². The Hall–Kier alpha value is -1.13. The number of ether oxygens (including phenoxy) is 1. The number of likely N-dealkylation sites (N-methyl/N-ethyl adjacent to an activating group) is 1. The minimum absolute atomic E-state index is 0.0359. The standard InChI is InChI=1S/C15H25N3O/c1-3-19-15(7-4-5-8-15)14(17-2)10-12-11-18-9-6-13(12)16/h6,9,11,14,17H,3-5,7-8,10H2,1-2H3,(H2,16,18). The lowest BCUT2D eigenvalue weighted by Crippen LogP contribution is -2.51. The largest absolute Gasteiger partial charge is 0.398 e. The van der Waals surface area contributed by atoms with Crippen LogP contribution in [0.25, 0.3) is 0 Å². The summed E-state index contributed by atoms with van der Waals surface area (Å²) in [6, 6.07) is 2.16. The third-order valence-corrected chi connectivity index (χ3v) is 4.23. The van der Waals surface area contributed by atoms with Crippen molar-refractivity contribution in [1.29, 1.82) is 0 Å². The van der Waals surface area contributed by atoms with Gasteiger partial charge in [0.1, 0.15) is 0 Å². The zero-order valence-electron chi connectivity index (χ0n) is 12.0. The molecule has 2 rings (SSSR count). The first-order valence-corrected chi connectivity index (χ1v) is 7.21. The average molecular weight is 263 g/mol. The quantitative estimate of drug-likeness (QED) is 0.825. The molecule has 19 heavy (non-hydrogen) atoms. The zero-order valence-corrected chi connectivity index (χ0v) is 12.0. The van der Waals surface area contributed by atoms with Crippen molar-refractivity contribution in [3.05, 3.63) is 24.0 Å². The monoisotopic (exact) mass is 263 g/mol. The molecule has 0 saturated heterocycles. The van der Waals surface area contributed by atoms with Crippen LogP contribution >= 0.6 is 0 Å². The maximum Gasteiger partial charge on any atom is 0.0837 e. The Morgan fingerprint density at radius 1 is 1.47 bits per heavy atom. The van der Waals surface area contributed by atoms with E-state index in [0.717, 1.165) is 37.1 Å². The molecule has 4 nitrogen and oxygen atoms in total. The van der Waals surface area contributed by atoms with Gasteiger partial charge in [0.2, 0.25) is 0 Å². The van der Waals surface area contributed by atoms with Crippen molar-refractivity contribution in [2.45, 2.75) is 50.7 Å². The van der Waals surface area contributed by atoms with Gasteiger partial charge in [-0.2, -0.15) is 0 Å². The van der Waals surface area contributed by atoms with Crippen molar-refractivity contribution in [2.24, 2.45) is 0 Å². The maximum absolute atomic E-state index is 6.13. The molecule has 4 heteroatoms. The summed E-state index contributed by atoms with van der Waals surface area (Å²) in [5.41, 5.74) is 7.92. The van der Waals surface area contributed by atoms with Crippen LogP contribution in [0.3, 0.4) is 0 Å². The lowest BCUT2D eigenvalue weighted by atomic mass is 9.87. The second-order valence-electron chi connectivity index (χ2n) is 5.32. The highest BCUT2D eigenvalue weighted by Gasteiger charge is 2.41. The van der Waals surface area contributed by atoms with Crippen molar-refractivity contribution in [2.75, 3.05) is 19.4 Å². The Bertz CT molecular complexity index is 402. The number of hydrogen-bond donors (Lipinski definition) is 2. The van der Waals surface area contributed by atoms with Crippen LogP contribution in [0.4, 0.5) is 5.69 Å². The topological polar surface area (TPSA) is 60.2 Å². The zero-order chi connectivity index (χ0) is 13.7. The molecular weight excluding hydrogens is 238 g/mol. The van der Waals surface area contributed by atoms with Gasteiger partial charge in [0, 0.05) is 30.7 Å². The van der Waals surface area contributed by atoms with Gasteiger partial charge in [0.25, 0.3) is 0 Å². The average Bonchev–Trinajstić information content (AvgIpc) is 2.88. The lowest BCUT2D eigenvalue weighted by molar-refractivity contribution is -0.0596. The van der Waals surface area contributed by atoms with E-state index in [9.17, 15) is 0 Å². The normalized spacial score (nSPS) is 19.5. The van der Waals surface area contributed by atoms with Crippen molar-refractivity contribution < 1.29 is 4.74 Å². The minimum atomic E-state index is -0.0359. The van der Waals surface area contributed by atoms with Gasteiger partial charge in [-0.15, -0.1) is 0 Å². The van der Waals surface area contributed by atoms with Crippen molar-refractivity contribution in [3.63, 3.8) is 0 Å². The van der Waals surface area contributed by atoms with E-state index in [1.54, 1.807) is 6.20 Å². The molecule has 1 aromatic rings. The third-order valence-electron chi connectivity index (χ3n) is 4.23. The number of aromatic nitrogens is 1. The molecule has 1 aliphatic rings. The smallest absolute Gasteiger partial charge is 0.0837 e. The van der Waals surface area contributed by atoms with E-state index in [4.69, 9.17) is 10.5 Å². The van der Waals surface area contributed by atoms with E-state index in [2.05, 4.69) is 17.2 Å². The van der Waals surface area contributed by atoms with Crippen LogP contribution in [0, 0.1) is 0 Å². The molecule has 1 aromatic heterocycles. The van der Waals surface area contributed by atoms with Gasteiger partial charge in [-0.25, -0.2) is 0 Å². The van der Waals surface area contributed by atoms with Gasteiger partial charge in [-0.3, -0.25) is 4.98 Å². The highest BCUT2D eigenvalue weighted by atomic mass is 16.5. The van der Waals surface area contributed by atoms with E-state index in [-0.39, 0.29) is 5.60 Å². The highest BCUT2D eigenvalue weighted by Crippen LogP contribution is 2.37. The fourth-order valence-electron chi connectivity index (χ4n) is 3.23. The van der Waals surface area contributed by atoms with Crippen LogP contribution in [-0.4, -0.2) is 30.3 Å². The Morgan fingerprint density at radius 2 is 2.21 bits per heavy atom. The van der Waals surface area contributed by atoms with Crippen LogP contribution in [0.15, 0.2) is 18.5 Å². The Balaban J connectivity index is 2.17. The summed E-state index contributed by atoms with van der Waals surface area (Å²) in [6.07, 6.45) is 9.24. The van der Waals surface area contributed by atoms with E-state index in [1.807, 2.05) is 19.3 Å². The van der Waals surface area contributed by atoms with E-state index >= 15 is 0 Å². The summed E-state index contributed by atoms with van der Waals surface area (Å²) in [7, 11) is 2.01. The maximum atomic E-state index is 6.13. The van der Waals surface area contributed by atoms with Gasteiger partial charge >= 0.3 is 0 Å². The van der Waals surface area contributed by atoms with Crippen LogP contribution in [0.1, 0.15) is 38.2 Å². The van der Waals surface area contributed by atoms with Gasteiger partial charge in [0.05, 0.1) is 5.60 Å². The molecule has 1 atom stereocenters. The molecule has 1 saturated carbocycles. The minimum Gasteiger partial charge on any atom is -0.398 e. The third kappa shape index (κ3) is 3.07. The number of anilines is 1. The predicted octanol–water partition coefficient (Wildman–Crippen LogP) is 2.14. The van der Waals surface area contributed by atoms with Crippen LogP contribution in [0.2, 0.25) is 0 Å². The first-order valence-electron chi connectivity index (χ1n) is 7.21. The van der Waals surface area contributed by atoms with Crippen molar-refractivity contribution >= 4 is 5.69 Å². The number of rotatable bonds is 6. The molecule has 1 fully saturated rings. The molecular formula is C15H25N3O. The molecule has 0 amide bonds. The van der Waals surface area contributed by atoms with Gasteiger partial charge in [-0.1, -0.05) is 12.8 Å². The summed E-state index contributed by atoms with van der Waals surface area (Å²) in [6.45, 7) is 2.84. The molecule has 0 spiro atoms. The Labute approximate surface area is 115 Å². The van der Waals surface area contributed by atoms with Crippen molar-refractivity contribution in [3.8, 4) is 0 Å². The van der Waals surface area contributed by atoms with E-state index in [1.165, 1.54) is 12.8 Å². The molecule has 3 N–H and O–H groups in total. The van der Waals surface area contributed by atoms with Crippen LogP contribution in [0.5, 0.6) is 0 Å². The molecule has 0 aromatic carbocycles. The Kier molecular flexibility index (Phi) is 4.77. The van der Waals surface area contributed by atoms with E-state index in [0.29, 0.717) is 6.04 Å². The number of nitrogens with one attached hydrogen (secondary N) is 1. The molecule has 0 aliphatic heterocycles. The summed E-state index contributed by atoms with van der Waals surface area (Å²) >= 11 is 0. The van der Waals surface area contributed by atoms with Gasteiger partial charge in [0.15, 0.2) is 0 Å². The van der Waals surface area contributed by atoms with Crippen molar-refractivity contribution in [1.82, 2.24) is 10.3 Å². The lowest BCUT2D eigenvalue weighted by Gasteiger charge is -2.37. The second kappa shape index (κ2) is 6.35. The number of nitrogens with zero attached hydrogens (tertiary/aromatic N) is 1. The molecule has 1 aliphatic carbocycles. The number of pyridine rings is 1.